The number of non-ortho nitro benzene ring substituents is 1. The summed E-state index contributed by atoms with van der Waals surface area (Å²) in [5, 5.41) is 14.4. The molecule has 0 aliphatic carbocycles. The van der Waals surface area contributed by atoms with Gasteiger partial charge < -0.3 is 15.2 Å². The van der Waals surface area contributed by atoms with E-state index in [1.807, 2.05) is 43.3 Å². The normalized spacial score (nSPS) is 17.2. The number of nitrogens with zero attached hydrogens (tertiary/aromatic N) is 4. The van der Waals surface area contributed by atoms with E-state index < -0.39 is 10.8 Å². The average Bonchev–Trinajstić information content (AvgIpc) is 3.71. The predicted molar refractivity (Wildman–Crippen MR) is 155 cm³/mol. The van der Waals surface area contributed by atoms with Gasteiger partial charge in [0.2, 0.25) is 5.91 Å². The van der Waals surface area contributed by atoms with E-state index in [0.717, 1.165) is 48.7 Å². The van der Waals surface area contributed by atoms with Gasteiger partial charge in [0, 0.05) is 29.9 Å². The molecule has 0 spiro atoms. The summed E-state index contributed by atoms with van der Waals surface area (Å²) >= 11 is 0. The summed E-state index contributed by atoms with van der Waals surface area (Å²) in [5.41, 5.74) is 6.21. The maximum atomic E-state index is 13.3. The van der Waals surface area contributed by atoms with Crippen LogP contribution in [0.4, 0.5) is 17.1 Å². The molecule has 1 fully saturated rings. The Morgan fingerprint density at radius 3 is 2.50 bits per heavy atom. The number of aromatic nitrogens is 2. The maximum absolute atomic E-state index is 13.3. The first kappa shape index (κ1) is 25.6. The molecule has 3 aromatic carbocycles. The van der Waals surface area contributed by atoms with Crippen LogP contribution in [0.1, 0.15) is 41.3 Å². The molecule has 40 heavy (non-hydrogen) atoms. The molecule has 9 nitrogen and oxygen atoms in total. The highest BCUT2D eigenvalue weighted by Crippen LogP contribution is 2.38. The number of likely N-dealkylation sites (tertiary alicyclic amines) is 1. The Bertz CT molecular complexity index is 1580. The number of fused-ring (bicyclic) bond motifs is 1. The third-order valence-electron chi connectivity index (χ3n) is 7.65. The van der Waals surface area contributed by atoms with E-state index >= 15 is 0 Å². The number of imidazole rings is 1. The lowest BCUT2D eigenvalue weighted by Crippen LogP contribution is -2.22. The van der Waals surface area contributed by atoms with Crippen LogP contribution in [0, 0.1) is 17.0 Å². The number of hydrogen-bond donors (Lipinski definition) is 2. The highest BCUT2D eigenvalue weighted by atomic mass is 16.6. The summed E-state index contributed by atoms with van der Waals surface area (Å²) in [7, 11) is 0. The zero-order valence-electron chi connectivity index (χ0n) is 22.3. The summed E-state index contributed by atoms with van der Waals surface area (Å²) in [6.07, 6.45) is 5.28. The van der Waals surface area contributed by atoms with Gasteiger partial charge in [-0.05, 0) is 74.2 Å². The van der Waals surface area contributed by atoms with Crippen LogP contribution in [-0.2, 0) is 11.2 Å². The minimum absolute atomic E-state index is 0.0592. The third-order valence-corrected chi connectivity index (χ3v) is 7.65. The van der Waals surface area contributed by atoms with E-state index in [1.165, 1.54) is 30.5 Å². The number of nitrogens with one attached hydrogen (secondary N) is 2. The molecule has 202 valence electrons. The van der Waals surface area contributed by atoms with Crippen molar-refractivity contribution in [3.8, 4) is 11.3 Å². The number of H-pyrrole nitrogens is 1. The highest BCUT2D eigenvalue weighted by Gasteiger charge is 2.36. The van der Waals surface area contributed by atoms with Gasteiger partial charge in [-0.15, -0.1) is 0 Å². The molecule has 0 radical (unpaired) electrons. The average molecular weight is 535 g/mol. The molecule has 9 heteroatoms. The molecule has 0 bridgehead atoms. The van der Waals surface area contributed by atoms with Gasteiger partial charge in [0.05, 0.1) is 28.2 Å². The molecule has 0 saturated carbocycles. The van der Waals surface area contributed by atoms with Gasteiger partial charge in [-0.3, -0.25) is 19.9 Å². The van der Waals surface area contributed by atoms with E-state index in [-0.39, 0.29) is 11.6 Å². The number of aliphatic imine (C=N–C) groups is 1. The van der Waals surface area contributed by atoms with Crippen molar-refractivity contribution in [2.75, 3.05) is 25.0 Å². The monoisotopic (exact) mass is 534 g/mol. The van der Waals surface area contributed by atoms with Crippen molar-refractivity contribution in [2.45, 2.75) is 32.1 Å². The Balaban J connectivity index is 1.36. The Labute approximate surface area is 232 Å². The second kappa shape index (κ2) is 10.9. The standard InChI is InChI=1S/C31H30N6O3/c1-20-32-19-28(33-20)22-8-10-24(11-9-22)34-30(23-6-4-21(5-7-23)14-17-36-15-2-3-16-36)29-26-18-25(37(39)40)12-13-27(26)35-31(29)38/h4-13,18-19,29H,2-3,14-17H2,1H3,(H,32,33)(H,35,38). The fraction of sp³-hybridized carbons (Fsp3) is 0.258. The van der Waals surface area contributed by atoms with E-state index in [4.69, 9.17) is 4.99 Å². The van der Waals surface area contributed by atoms with Gasteiger partial charge in [-0.25, -0.2) is 4.98 Å². The zero-order chi connectivity index (χ0) is 27.6. The van der Waals surface area contributed by atoms with Crippen LogP contribution in [0.5, 0.6) is 0 Å². The molecule has 1 saturated heterocycles. The fourth-order valence-corrected chi connectivity index (χ4v) is 5.49. The Kier molecular flexibility index (Phi) is 6.96. The number of carbonyl (C=O) groups is 1. The summed E-state index contributed by atoms with van der Waals surface area (Å²) in [6, 6.07) is 20.4. The highest BCUT2D eigenvalue weighted by molar-refractivity contribution is 6.24. The number of nitro benzene ring substituents is 1. The van der Waals surface area contributed by atoms with Crippen LogP contribution >= 0.6 is 0 Å². The van der Waals surface area contributed by atoms with Gasteiger partial charge >= 0.3 is 0 Å². The van der Waals surface area contributed by atoms with Crippen molar-refractivity contribution in [2.24, 2.45) is 4.99 Å². The number of amides is 1. The number of benzene rings is 3. The largest absolute Gasteiger partial charge is 0.342 e. The Morgan fingerprint density at radius 2 is 1.82 bits per heavy atom. The van der Waals surface area contributed by atoms with Crippen LogP contribution < -0.4 is 5.32 Å². The Hall–Kier alpha value is -4.63. The Morgan fingerprint density at radius 1 is 1.07 bits per heavy atom. The minimum atomic E-state index is -0.778. The lowest BCUT2D eigenvalue weighted by molar-refractivity contribution is -0.384. The second-order valence-electron chi connectivity index (χ2n) is 10.4. The first-order valence-corrected chi connectivity index (χ1v) is 13.6. The van der Waals surface area contributed by atoms with E-state index in [9.17, 15) is 14.9 Å². The quantitative estimate of drug-likeness (QED) is 0.169. The zero-order valence-corrected chi connectivity index (χ0v) is 22.3. The molecular weight excluding hydrogens is 504 g/mol. The molecule has 3 heterocycles. The molecule has 4 aromatic rings. The number of nitro groups is 1. The molecule has 1 amide bonds. The summed E-state index contributed by atoms with van der Waals surface area (Å²) in [6.45, 7) is 5.26. The first-order chi connectivity index (χ1) is 19.4. The van der Waals surface area contributed by atoms with Crippen molar-refractivity contribution in [3.05, 3.63) is 106 Å². The number of rotatable bonds is 8. The van der Waals surface area contributed by atoms with Crippen molar-refractivity contribution < 1.29 is 9.72 Å². The van der Waals surface area contributed by atoms with Crippen LogP contribution in [0.3, 0.4) is 0 Å². The third kappa shape index (κ3) is 5.28. The summed E-state index contributed by atoms with van der Waals surface area (Å²) in [5.74, 6) is -0.194. The van der Waals surface area contributed by atoms with Gasteiger partial charge in [0.25, 0.3) is 5.69 Å². The van der Waals surface area contributed by atoms with Crippen molar-refractivity contribution in [3.63, 3.8) is 0 Å². The van der Waals surface area contributed by atoms with Gasteiger partial charge in [-0.1, -0.05) is 36.4 Å². The molecular formula is C31H30N6O3. The maximum Gasteiger partial charge on any atom is 0.269 e. The molecule has 2 aliphatic rings. The molecule has 1 unspecified atom stereocenters. The fourth-order valence-electron chi connectivity index (χ4n) is 5.49. The van der Waals surface area contributed by atoms with Gasteiger partial charge in [0.15, 0.2) is 0 Å². The SMILES string of the molecule is Cc1ncc(-c2ccc(N=C(c3ccc(CCN4CCCC4)cc3)C3C(=O)Nc4ccc([N+](=O)[O-])cc43)cc2)[nH]1. The van der Waals surface area contributed by atoms with Crippen LogP contribution in [0.25, 0.3) is 11.3 Å². The number of aryl methyl sites for hydroxylation is 1. The lowest BCUT2D eigenvalue weighted by atomic mass is 9.90. The number of anilines is 1. The first-order valence-electron chi connectivity index (χ1n) is 13.6. The van der Waals surface area contributed by atoms with E-state index in [0.29, 0.717) is 22.6 Å². The van der Waals surface area contributed by atoms with Crippen molar-refractivity contribution in [1.82, 2.24) is 14.9 Å². The van der Waals surface area contributed by atoms with Crippen LogP contribution in [0.15, 0.2) is 77.9 Å². The number of aromatic amines is 1. The van der Waals surface area contributed by atoms with Crippen molar-refractivity contribution >= 4 is 28.7 Å². The van der Waals surface area contributed by atoms with Crippen LogP contribution in [-0.4, -0.2) is 51.0 Å². The number of hydrogen-bond acceptors (Lipinski definition) is 6. The van der Waals surface area contributed by atoms with Crippen molar-refractivity contribution in [1.29, 1.82) is 0 Å². The topological polar surface area (TPSA) is 117 Å². The second-order valence-corrected chi connectivity index (χ2v) is 10.4. The summed E-state index contributed by atoms with van der Waals surface area (Å²) < 4.78 is 0. The van der Waals surface area contributed by atoms with Gasteiger partial charge in [0.1, 0.15) is 11.7 Å². The molecule has 1 aromatic heterocycles. The van der Waals surface area contributed by atoms with Crippen LogP contribution in [0.2, 0.25) is 0 Å². The molecule has 1 atom stereocenters. The molecule has 6 rings (SSSR count). The smallest absolute Gasteiger partial charge is 0.269 e. The van der Waals surface area contributed by atoms with Gasteiger partial charge in [-0.2, -0.15) is 0 Å². The summed E-state index contributed by atoms with van der Waals surface area (Å²) in [4.78, 5) is 39.3. The number of carbonyl (C=O) groups excluding carboxylic acids is 1. The van der Waals surface area contributed by atoms with E-state index in [2.05, 4.69) is 32.3 Å². The molecule has 2 N–H and O–H groups in total. The predicted octanol–water partition coefficient (Wildman–Crippen LogP) is 5.79. The lowest BCUT2D eigenvalue weighted by Gasteiger charge is -2.16. The minimum Gasteiger partial charge on any atom is -0.342 e. The van der Waals surface area contributed by atoms with E-state index in [1.54, 1.807) is 12.3 Å². The molecule has 2 aliphatic heterocycles.